The SMILES string of the molecule is COc1ccccc1NC(=O)Nc1ccc(CC(=O)NC(C)(C)CO)cc1. The second kappa shape index (κ2) is 9.05. The molecule has 0 fully saturated rings. The van der Waals surface area contributed by atoms with E-state index in [-0.39, 0.29) is 18.9 Å². The van der Waals surface area contributed by atoms with Gasteiger partial charge in [-0.3, -0.25) is 4.79 Å². The first-order chi connectivity index (χ1) is 12.8. The van der Waals surface area contributed by atoms with Gasteiger partial charge in [-0.25, -0.2) is 4.79 Å². The molecule has 2 aromatic carbocycles. The average molecular weight is 371 g/mol. The van der Waals surface area contributed by atoms with Crippen LogP contribution in [-0.2, 0) is 11.2 Å². The van der Waals surface area contributed by atoms with Crippen LogP contribution in [0.15, 0.2) is 48.5 Å². The van der Waals surface area contributed by atoms with Crippen molar-refractivity contribution in [2.45, 2.75) is 25.8 Å². The summed E-state index contributed by atoms with van der Waals surface area (Å²) in [5.41, 5.74) is 1.31. The summed E-state index contributed by atoms with van der Waals surface area (Å²) in [6.07, 6.45) is 0.192. The van der Waals surface area contributed by atoms with Crippen molar-refractivity contribution in [3.8, 4) is 5.75 Å². The lowest BCUT2D eigenvalue weighted by molar-refractivity contribution is -0.122. The van der Waals surface area contributed by atoms with E-state index in [0.29, 0.717) is 17.1 Å². The van der Waals surface area contributed by atoms with Crippen molar-refractivity contribution in [1.82, 2.24) is 5.32 Å². The predicted octanol–water partition coefficient (Wildman–Crippen LogP) is 2.77. The van der Waals surface area contributed by atoms with E-state index < -0.39 is 11.6 Å². The van der Waals surface area contributed by atoms with Crippen LogP contribution >= 0.6 is 0 Å². The molecule has 0 aromatic heterocycles. The van der Waals surface area contributed by atoms with Gasteiger partial charge in [0, 0.05) is 5.69 Å². The summed E-state index contributed by atoms with van der Waals surface area (Å²) in [5, 5.41) is 17.4. The Hall–Kier alpha value is -3.06. The topological polar surface area (TPSA) is 99.7 Å². The van der Waals surface area contributed by atoms with Gasteiger partial charge in [0.05, 0.1) is 31.4 Å². The van der Waals surface area contributed by atoms with E-state index in [0.717, 1.165) is 5.56 Å². The summed E-state index contributed by atoms with van der Waals surface area (Å²) >= 11 is 0. The number of ether oxygens (including phenoxy) is 1. The van der Waals surface area contributed by atoms with Gasteiger partial charge in [-0.2, -0.15) is 0 Å². The van der Waals surface area contributed by atoms with E-state index in [4.69, 9.17) is 4.74 Å². The molecule has 0 atom stereocenters. The molecule has 0 saturated carbocycles. The molecule has 0 saturated heterocycles. The third-order valence-corrected chi connectivity index (χ3v) is 3.80. The number of benzene rings is 2. The maximum absolute atomic E-state index is 12.1. The van der Waals surface area contributed by atoms with E-state index in [1.165, 1.54) is 7.11 Å². The van der Waals surface area contributed by atoms with E-state index >= 15 is 0 Å². The predicted molar refractivity (Wildman–Crippen MR) is 105 cm³/mol. The number of rotatable bonds is 7. The number of anilines is 2. The van der Waals surface area contributed by atoms with Gasteiger partial charge in [0.1, 0.15) is 5.75 Å². The summed E-state index contributed by atoms with van der Waals surface area (Å²) in [6, 6.07) is 13.7. The first-order valence-corrected chi connectivity index (χ1v) is 8.55. The lowest BCUT2D eigenvalue weighted by atomic mass is 10.1. The molecule has 0 unspecified atom stereocenters. The van der Waals surface area contributed by atoms with Gasteiger partial charge in [0.25, 0.3) is 0 Å². The largest absolute Gasteiger partial charge is 0.495 e. The lowest BCUT2D eigenvalue weighted by Gasteiger charge is -2.23. The van der Waals surface area contributed by atoms with Gasteiger partial charge >= 0.3 is 6.03 Å². The van der Waals surface area contributed by atoms with Crippen LogP contribution in [0.2, 0.25) is 0 Å². The van der Waals surface area contributed by atoms with Gasteiger partial charge in [-0.15, -0.1) is 0 Å². The number of carbonyl (C=O) groups is 2. The molecule has 144 valence electrons. The van der Waals surface area contributed by atoms with Crippen molar-refractivity contribution in [2.24, 2.45) is 0 Å². The number of methoxy groups -OCH3 is 1. The molecule has 0 bridgehead atoms. The highest BCUT2D eigenvalue weighted by atomic mass is 16.5. The van der Waals surface area contributed by atoms with Crippen LogP contribution in [0.25, 0.3) is 0 Å². The monoisotopic (exact) mass is 371 g/mol. The minimum Gasteiger partial charge on any atom is -0.495 e. The first kappa shape index (κ1) is 20.3. The fourth-order valence-corrected chi connectivity index (χ4v) is 2.39. The van der Waals surface area contributed by atoms with Gasteiger partial charge in [0.2, 0.25) is 5.91 Å². The number of para-hydroxylation sites is 2. The fourth-order valence-electron chi connectivity index (χ4n) is 2.39. The molecule has 0 aliphatic rings. The third kappa shape index (κ3) is 6.31. The molecule has 0 aliphatic heterocycles. The number of hydrogen-bond donors (Lipinski definition) is 4. The Bertz CT molecular complexity index is 788. The smallest absolute Gasteiger partial charge is 0.323 e. The highest BCUT2D eigenvalue weighted by Crippen LogP contribution is 2.23. The van der Waals surface area contributed by atoms with Crippen molar-refractivity contribution in [2.75, 3.05) is 24.4 Å². The second-order valence-electron chi connectivity index (χ2n) is 6.74. The maximum atomic E-state index is 12.1. The van der Waals surface area contributed by atoms with Gasteiger partial charge in [-0.05, 0) is 43.7 Å². The number of hydrogen-bond acceptors (Lipinski definition) is 4. The minimum atomic E-state index is -0.658. The average Bonchev–Trinajstić information content (AvgIpc) is 2.63. The summed E-state index contributed by atoms with van der Waals surface area (Å²) in [4.78, 5) is 24.1. The number of carbonyl (C=O) groups excluding carboxylic acids is 2. The van der Waals surface area contributed by atoms with Crippen molar-refractivity contribution in [3.05, 3.63) is 54.1 Å². The van der Waals surface area contributed by atoms with E-state index in [9.17, 15) is 14.7 Å². The molecule has 3 amide bonds. The Kier molecular flexibility index (Phi) is 6.79. The van der Waals surface area contributed by atoms with Gasteiger partial charge in [0.15, 0.2) is 0 Å². The number of nitrogens with one attached hydrogen (secondary N) is 3. The maximum Gasteiger partial charge on any atom is 0.323 e. The highest BCUT2D eigenvalue weighted by molar-refractivity contribution is 6.00. The zero-order chi connectivity index (χ0) is 19.9. The normalized spacial score (nSPS) is 10.8. The standard InChI is InChI=1S/C20H25N3O4/c1-20(2,13-24)23-18(25)12-14-8-10-15(11-9-14)21-19(26)22-16-6-4-5-7-17(16)27-3/h4-11,24H,12-13H2,1-3H3,(H,23,25)(H2,21,22,26). The molecule has 4 N–H and O–H groups in total. The zero-order valence-electron chi connectivity index (χ0n) is 15.7. The molecule has 0 radical (unpaired) electrons. The lowest BCUT2D eigenvalue weighted by Crippen LogP contribution is -2.46. The molecular weight excluding hydrogens is 346 g/mol. The molecule has 7 nitrogen and oxygen atoms in total. The Morgan fingerprint density at radius 1 is 1.04 bits per heavy atom. The van der Waals surface area contributed by atoms with E-state index in [1.54, 1.807) is 56.3 Å². The number of aliphatic hydroxyl groups excluding tert-OH is 1. The fraction of sp³-hybridized carbons (Fsp3) is 0.300. The highest BCUT2D eigenvalue weighted by Gasteiger charge is 2.19. The Morgan fingerprint density at radius 2 is 1.70 bits per heavy atom. The number of aliphatic hydroxyl groups is 1. The second-order valence-corrected chi connectivity index (χ2v) is 6.74. The summed E-state index contributed by atoms with van der Waals surface area (Å²) < 4.78 is 5.20. The Balaban J connectivity index is 1.91. The van der Waals surface area contributed by atoms with Crippen LogP contribution in [0.4, 0.5) is 16.2 Å². The van der Waals surface area contributed by atoms with Crippen LogP contribution in [-0.4, -0.2) is 36.3 Å². The van der Waals surface area contributed by atoms with Crippen molar-refractivity contribution < 1.29 is 19.4 Å². The zero-order valence-corrected chi connectivity index (χ0v) is 15.7. The summed E-state index contributed by atoms with van der Waals surface area (Å²) in [5.74, 6) is 0.392. The molecule has 2 aromatic rings. The van der Waals surface area contributed by atoms with Crippen molar-refractivity contribution >= 4 is 23.3 Å². The van der Waals surface area contributed by atoms with Gasteiger partial charge < -0.3 is 25.8 Å². The third-order valence-electron chi connectivity index (χ3n) is 3.80. The van der Waals surface area contributed by atoms with E-state index in [1.807, 2.05) is 6.07 Å². The molecular formula is C20H25N3O4. The van der Waals surface area contributed by atoms with Gasteiger partial charge in [-0.1, -0.05) is 24.3 Å². The molecule has 0 aliphatic carbocycles. The minimum absolute atomic E-state index is 0.136. The first-order valence-electron chi connectivity index (χ1n) is 8.55. The Morgan fingerprint density at radius 3 is 2.33 bits per heavy atom. The quantitative estimate of drug-likeness (QED) is 0.601. The van der Waals surface area contributed by atoms with Crippen LogP contribution in [0.1, 0.15) is 19.4 Å². The summed E-state index contributed by atoms with van der Waals surface area (Å²) in [7, 11) is 1.54. The van der Waals surface area contributed by atoms with Crippen LogP contribution in [0, 0.1) is 0 Å². The van der Waals surface area contributed by atoms with E-state index in [2.05, 4.69) is 16.0 Å². The van der Waals surface area contributed by atoms with Crippen LogP contribution < -0.4 is 20.7 Å². The van der Waals surface area contributed by atoms with Crippen LogP contribution in [0.3, 0.4) is 0 Å². The number of amides is 3. The molecule has 2 rings (SSSR count). The van der Waals surface area contributed by atoms with Crippen molar-refractivity contribution in [3.63, 3.8) is 0 Å². The Labute approximate surface area is 158 Å². The number of urea groups is 1. The van der Waals surface area contributed by atoms with Crippen LogP contribution in [0.5, 0.6) is 5.75 Å². The molecule has 27 heavy (non-hydrogen) atoms. The van der Waals surface area contributed by atoms with Crippen molar-refractivity contribution in [1.29, 1.82) is 0 Å². The molecule has 0 heterocycles. The molecule has 7 heteroatoms. The molecule has 0 spiro atoms. The summed E-state index contributed by atoms with van der Waals surface area (Å²) in [6.45, 7) is 3.36.